The molecule has 2 rings (SSSR count). The maximum Gasteiger partial charge on any atom is 0.257 e. The molecule has 1 amide bonds. The number of nitrogens with one attached hydrogen (secondary N) is 1. The molecule has 0 aliphatic heterocycles. The second kappa shape index (κ2) is 6.39. The van der Waals surface area contributed by atoms with E-state index in [1.807, 2.05) is 68.3 Å². The van der Waals surface area contributed by atoms with Crippen LogP contribution in [0.3, 0.4) is 0 Å². The standard InChI is InChI=1S/C17H22N4O/c1-20(2)14-8-6-13(7-9-14)19-17(22)15-11-12(18)5-10-16(15)21(3)4/h5-11H,18H2,1-4H3,(H,19,22). The minimum absolute atomic E-state index is 0.173. The van der Waals surface area contributed by atoms with E-state index in [0.717, 1.165) is 17.1 Å². The SMILES string of the molecule is CN(C)c1ccc(NC(=O)c2cc(N)ccc2N(C)C)cc1. The van der Waals surface area contributed by atoms with Crippen molar-refractivity contribution in [3.63, 3.8) is 0 Å². The minimum atomic E-state index is -0.173. The molecule has 3 N–H and O–H groups in total. The largest absolute Gasteiger partial charge is 0.399 e. The number of nitrogens with zero attached hydrogens (tertiary/aromatic N) is 2. The van der Waals surface area contributed by atoms with Crippen LogP contribution in [-0.4, -0.2) is 34.1 Å². The first-order valence-electron chi connectivity index (χ1n) is 7.04. The lowest BCUT2D eigenvalue weighted by Crippen LogP contribution is -2.19. The van der Waals surface area contributed by atoms with Crippen LogP contribution in [0.4, 0.5) is 22.7 Å². The lowest BCUT2D eigenvalue weighted by Gasteiger charge is -2.18. The molecule has 0 unspecified atom stereocenters. The summed E-state index contributed by atoms with van der Waals surface area (Å²) in [4.78, 5) is 16.4. The Bertz CT molecular complexity index is 663. The summed E-state index contributed by atoms with van der Waals surface area (Å²) in [6, 6.07) is 13.0. The molecule has 0 heterocycles. The highest BCUT2D eigenvalue weighted by Gasteiger charge is 2.13. The van der Waals surface area contributed by atoms with Crippen LogP contribution >= 0.6 is 0 Å². The second-order valence-electron chi connectivity index (χ2n) is 5.57. The molecule has 22 heavy (non-hydrogen) atoms. The van der Waals surface area contributed by atoms with Crippen LogP contribution < -0.4 is 20.9 Å². The summed E-state index contributed by atoms with van der Waals surface area (Å²) < 4.78 is 0. The number of carbonyl (C=O) groups is 1. The molecule has 5 heteroatoms. The zero-order valence-electron chi connectivity index (χ0n) is 13.4. The van der Waals surface area contributed by atoms with E-state index in [4.69, 9.17) is 5.73 Å². The average molecular weight is 298 g/mol. The first kappa shape index (κ1) is 15.7. The van der Waals surface area contributed by atoms with Crippen molar-refractivity contribution in [3.05, 3.63) is 48.0 Å². The van der Waals surface area contributed by atoms with Gasteiger partial charge in [-0.3, -0.25) is 4.79 Å². The maximum atomic E-state index is 12.5. The Labute approximate surface area is 131 Å². The van der Waals surface area contributed by atoms with Crippen molar-refractivity contribution in [3.8, 4) is 0 Å². The Morgan fingerprint density at radius 2 is 1.59 bits per heavy atom. The highest BCUT2D eigenvalue weighted by Crippen LogP contribution is 2.23. The van der Waals surface area contributed by atoms with E-state index in [1.54, 1.807) is 12.1 Å². The molecule has 0 bridgehead atoms. The number of benzene rings is 2. The van der Waals surface area contributed by atoms with Crippen molar-refractivity contribution in [2.45, 2.75) is 0 Å². The van der Waals surface area contributed by atoms with Gasteiger partial charge in [-0.2, -0.15) is 0 Å². The lowest BCUT2D eigenvalue weighted by molar-refractivity contribution is 0.102. The summed E-state index contributed by atoms with van der Waals surface area (Å²) in [5, 5.41) is 2.91. The number of nitrogens with two attached hydrogens (primary N) is 1. The van der Waals surface area contributed by atoms with Gasteiger partial charge < -0.3 is 20.9 Å². The number of amides is 1. The molecule has 0 aliphatic rings. The van der Waals surface area contributed by atoms with Gasteiger partial charge in [-0.15, -0.1) is 0 Å². The van der Waals surface area contributed by atoms with Crippen LogP contribution in [0.15, 0.2) is 42.5 Å². The van der Waals surface area contributed by atoms with Crippen LogP contribution in [0.2, 0.25) is 0 Å². The van der Waals surface area contributed by atoms with E-state index in [9.17, 15) is 4.79 Å². The first-order valence-corrected chi connectivity index (χ1v) is 7.04. The lowest BCUT2D eigenvalue weighted by atomic mass is 10.1. The van der Waals surface area contributed by atoms with Crippen molar-refractivity contribution >= 4 is 28.7 Å². The number of hydrogen-bond acceptors (Lipinski definition) is 4. The Hall–Kier alpha value is -2.69. The Morgan fingerprint density at radius 3 is 2.14 bits per heavy atom. The fourth-order valence-corrected chi connectivity index (χ4v) is 2.17. The normalized spacial score (nSPS) is 10.2. The second-order valence-corrected chi connectivity index (χ2v) is 5.57. The van der Waals surface area contributed by atoms with Gasteiger partial charge in [0.25, 0.3) is 5.91 Å². The summed E-state index contributed by atoms with van der Waals surface area (Å²) in [5.41, 5.74) is 9.60. The molecule has 5 nitrogen and oxygen atoms in total. The zero-order valence-corrected chi connectivity index (χ0v) is 13.4. The fourth-order valence-electron chi connectivity index (χ4n) is 2.17. The van der Waals surface area contributed by atoms with Crippen LogP contribution in [0.1, 0.15) is 10.4 Å². The molecular weight excluding hydrogens is 276 g/mol. The topological polar surface area (TPSA) is 61.6 Å². The van der Waals surface area contributed by atoms with Gasteiger partial charge >= 0.3 is 0 Å². The number of carbonyl (C=O) groups excluding carboxylic acids is 1. The van der Waals surface area contributed by atoms with Crippen molar-refractivity contribution in [1.29, 1.82) is 0 Å². The minimum Gasteiger partial charge on any atom is -0.399 e. The molecule has 0 spiro atoms. The van der Waals surface area contributed by atoms with Gasteiger partial charge in [-0.05, 0) is 42.5 Å². The Morgan fingerprint density at radius 1 is 0.955 bits per heavy atom. The zero-order chi connectivity index (χ0) is 16.3. The van der Waals surface area contributed by atoms with Gasteiger partial charge in [0.2, 0.25) is 0 Å². The van der Waals surface area contributed by atoms with Crippen molar-refractivity contribution in [2.24, 2.45) is 0 Å². The Balaban J connectivity index is 2.23. The van der Waals surface area contributed by atoms with E-state index in [0.29, 0.717) is 11.3 Å². The number of hydrogen-bond donors (Lipinski definition) is 2. The van der Waals surface area contributed by atoms with E-state index in [-0.39, 0.29) is 5.91 Å². The monoisotopic (exact) mass is 298 g/mol. The molecule has 2 aromatic rings. The molecule has 0 saturated carbocycles. The third-order valence-electron chi connectivity index (χ3n) is 3.39. The van der Waals surface area contributed by atoms with E-state index in [1.165, 1.54) is 0 Å². The average Bonchev–Trinajstić information content (AvgIpc) is 2.47. The fraction of sp³-hybridized carbons (Fsp3) is 0.235. The summed E-state index contributed by atoms with van der Waals surface area (Å²) in [5.74, 6) is -0.173. The third kappa shape index (κ3) is 3.49. The van der Waals surface area contributed by atoms with Crippen LogP contribution in [0.25, 0.3) is 0 Å². The Kier molecular flexibility index (Phi) is 4.56. The van der Waals surface area contributed by atoms with Gasteiger partial charge in [-0.1, -0.05) is 0 Å². The van der Waals surface area contributed by atoms with E-state index < -0.39 is 0 Å². The summed E-state index contributed by atoms with van der Waals surface area (Å²) in [6.45, 7) is 0. The van der Waals surface area contributed by atoms with Crippen molar-refractivity contribution in [2.75, 3.05) is 49.0 Å². The van der Waals surface area contributed by atoms with Gasteiger partial charge in [-0.25, -0.2) is 0 Å². The van der Waals surface area contributed by atoms with E-state index in [2.05, 4.69) is 5.32 Å². The number of anilines is 4. The molecule has 0 saturated heterocycles. The first-order chi connectivity index (χ1) is 10.4. The molecule has 0 atom stereocenters. The molecule has 0 fully saturated rings. The molecular formula is C17H22N4O. The van der Waals surface area contributed by atoms with Crippen LogP contribution in [0, 0.1) is 0 Å². The molecule has 116 valence electrons. The van der Waals surface area contributed by atoms with Gasteiger partial charge in [0.05, 0.1) is 5.56 Å². The predicted molar refractivity (Wildman–Crippen MR) is 93.9 cm³/mol. The highest BCUT2D eigenvalue weighted by atomic mass is 16.1. The van der Waals surface area contributed by atoms with Gasteiger partial charge in [0, 0.05) is 50.9 Å². The van der Waals surface area contributed by atoms with Crippen LogP contribution in [-0.2, 0) is 0 Å². The highest BCUT2D eigenvalue weighted by molar-refractivity contribution is 6.08. The summed E-state index contributed by atoms with van der Waals surface area (Å²) in [7, 11) is 7.75. The molecule has 0 aromatic heterocycles. The van der Waals surface area contributed by atoms with Gasteiger partial charge in [0.15, 0.2) is 0 Å². The number of rotatable bonds is 4. The molecule has 2 aromatic carbocycles. The smallest absolute Gasteiger partial charge is 0.257 e. The van der Waals surface area contributed by atoms with Crippen molar-refractivity contribution < 1.29 is 4.79 Å². The van der Waals surface area contributed by atoms with Crippen molar-refractivity contribution in [1.82, 2.24) is 0 Å². The van der Waals surface area contributed by atoms with E-state index >= 15 is 0 Å². The number of nitrogen functional groups attached to an aromatic ring is 1. The quantitative estimate of drug-likeness (QED) is 0.852. The maximum absolute atomic E-state index is 12.5. The van der Waals surface area contributed by atoms with Crippen LogP contribution in [0.5, 0.6) is 0 Å². The summed E-state index contributed by atoms with van der Waals surface area (Å²) in [6.07, 6.45) is 0. The molecule has 0 radical (unpaired) electrons. The van der Waals surface area contributed by atoms with Gasteiger partial charge in [0.1, 0.15) is 0 Å². The molecule has 0 aliphatic carbocycles. The third-order valence-corrected chi connectivity index (χ3v) is 3.39. The predicted octanol–water partition coefficient (Wildman–Crippen LogP) is 2.65. The summed E-state index contributed by atoms with van der Waals surface area (Å²) >= 11 is 0.